The summed E-state index contributed by atoms with van der Waals surface area (Å²) in [4.78, 5) is 3.71. The van der Waals surface area contributed by atoms with Crippen LogP contribution >= 0.6 is 38.5 Å². The molecule has 0 aliphatic carbocycles. The Kier molecular flexibility index (Phi) is 4.19. The molecule has 2 nitrogen and oxygen atoms in total. The zero-order chi connectivity index (χ0) is 10.7. The Morgan fingerprint density at radius 2 is 2.29 bits per heavy atom. The molecule has 0 aliphatic heterocycles. The fourth-order valence-corrected chi connectivity index (χ4v) is 2.57. The van der Waals surface area contributed by atoms with Crippen LogP contribution in [-0.4, -0.2) is 4.98 Å². The summed E-state index contributed by atoms with van der Waals surface area (Å²) < 4.78 is 25.5. The summed E-state index contributed by atoms with van der Waals surface area (Å²) >= 11 is 4.98. The van der Waals surface area contributed by atoms with Crippen molar-refractivity contribution in [3.63, 3.8) is 0 Å². The monoisotopic (exact) mass is 372 g/mol. The lowest BCUT2D eigenvalue weighted by Gasteiger charge is -2.05. The summed E-state index contributed by atoms with van der Waals surface area (Å²) in [6.45, 7) is 0. The lowest BCUT2D eigenvalue weighted by atomic mass is 10.2. The molecule has 0 saturated carbocycles. The highest BCUT2D eigenvalue weighted by Crippen LogP contribution is 2.26. The summed E-state index contributed by atoms with van der Waals surface area (Å²) in [7, 11) is 0. The molecular formula is C8H4BrF2IN2. The molecule has 0 N–H and O–H groups in total. The Labute approximate surface area is 102 Å². The molecule has 0 aromatic carbocycles. The fraction of sp³-hybridized carbons (Fsp3) is 0.250. The van der Waals surface area contributed by atoms with E-state index >= 15 is 0 Å². The molecule has 0 spiro atoms. The van der Waals surface area contributed by atoms with Crippen LogP contribution in [0.15, 0.2) is 10.5 Å². The second kappa shape index (κ2) is 4.98. The summed E-state index contributed by atoms with van der Waals surface area (Å²) in [6.07, 6.45) is -2.43. The van der Waals surface area contributed by atoms with Crippen molar-refractivity contribution in [2.24, 2.45) is 0 Å². The van der Waals surface area contributed by atoms with E-state index in [4.69, 9.17) is 5.26 Å². The molecule has 1 aromatic rings. The van der Waals surface area contributed by atoms with Gasteiger partial charge >= 0.3 is 0 Å². The summed E-state index contributed by atoms with van der Waals surface area (Å²) in [5.74, 6) is 0. The molecule has 0 saturated heterocycles. The number of pyridine rings is 1. The van der Waals surface area contributed by atoms with Crippen molar-refractivity contribution in [3.8, 4) is 6.07 Å². The van der Waals surface area contributed by atoms with Gasteiger partial charge in [0.1, 0.15) is 9.39 Å². The lowest BCUT2D eigenvalue weighted by Crippen LogP contribution is -1.99. The summed E-state index contributed by atoms with van der Waals surface area (Å²) in [6, 6.07) is 3.20. The van der Waals surface area contributed by atoms with Crippen molar-refractivity contribution >= 4 is 38.5 Å². The Bertz CT molecular complexity index is 366. The van der Waals surface area contributed by atoms with Crippen molar-refractivity contribution in [1.82, 2.24) is 4.98 Å². The van der Waals surface area contributed by atoms with Crippen LogP contribution in [-0.2, 0) is 6.42 Å². The van der Waals surface area contributed by atoms with E-state index in [-0.39, 0.29) is 12.1 Å². The third-order valence-electron chi connectivity index (χ3n) is 1.52. The molecule has 14 heavy (non-hydrogen) atoms. The number of aromatic nitrogens is 1. The zero-order valence-electron chi connectivity index (χ0n) is 6.77. The van der Waals surface area contributed by atoms with Gasteiger partial charge in [-0.2, -0.15) is 5.26 Å². The first kappa shape index (κ1) is 11.8. The predicted molar refractivity (Wildman–Crippen MR) is 58.9 cm³/mol. The van der Waals surface area contributed by atoms with Gasteiger partial charge in [0.25, 0.3) is 6.43 Å². The van der Waals surface area contributed by atoms with Gasteiger partial charge in [0.2, 0.25) is 0 Å². The third-order valence-corrected chi connectivity index (χ3v) is 3.12. The van der Waals surface area contributed by atoms with Gasteiger partial charge in [0.05, 0.1) is 12.5 Å². The zero-order valence-corrected chi connectivity index (χ0v) is 10.5. The van der Waals surface area contributed by atoms with E-state index in [9.17, 15) is 8.78 Å². The van der Waals surface area contributed by atoms with Gasteiger partial charge in [-0.3, -0.25) is 0 Å². The van der Waals surface area contributed by atoms with Gasteiger partial charge in [-0.05, 0) is 28.7 Å². The molecule has 0 amide bonds. The molecule has 1 aromatic heterocycles. The predicted octanol–water partition coefficient (Wildman–Crippen LogP) is 3.45. The largest absolute Gasteiger partial charge is 0.280 e. The highest BCUT2D eigenvalue weighted by Gasteiger charge is 2.14. The lowest BCUT2D eigenvalue weighted by molar-refractivity contribution is 0.145. The number of nitriles is 1. The minimum absolute atomic E-state index is 0.162. The average Bonchev–Trinajstić information content (AvgIpc) is 2.10. The van der Waals surface area contributed by atoms with E-state index in [1.807, 2.05) is 28.7 Å². The Hall–Kier alpha value is -0.290. The smallest absolute Gasteiger partial charge is 0.240 e. The summed E-state index contributed by atoms with van der Waals surface area (Å²) in [5.41, 5.74) is 0.375. The third kappa shape index (κ3) is 2.60. The van der Waals surface area contributed by atoms with Crippen LogP contribution < -0.4 is 0 Å². The van der Waals surface area contributed by atoms with Gasteiger partial charge < -0.3 is 0 Å². The van der Waals surface area contributed by atoms with Crippen molar-refractivity contribution in [2.75, 3.05) is 0 Å². The molecule has 0 radical (unpaired) electrons. The highest BCUT2D eigenvalue weighted by atomic mass is 127. The standard InChI is InChI=1S/C8H4BrF2IN2/c9-5-3-6(7(10)11)14-8(12)4(5)1-2-13/h3,7H,1H2. The number of halogens is 4. The van der Waals surface area contributed by atoms with Crippen molar-refractivity contribution < 1.29 is 8.78 Å². The van der Waals surface area contributed by atoms with Gasteiger partial charge in [0.15, 0.2) is 0 Å². The second-order valence-electron chi connectivity index (χ2n) is 2.43. The van der Waals surface area contributed by atoms with Crippen molar-refractivity contribution in [3.05, 3.63) is 25.5 Å². The van der Waals surface area contributed by atoms with Crippen LogP contribution in [0.4, 0.5) is 8.78 Å². The van der Waals surface area contributed by atoms with Gasteiger partial charge in [-0.15, -0.1) is 0 Å². The van der Waals surface area contributed by atoms with Crippen LogP contribution in [0.1, 0.15) is 17.7 Å². The number of alkyl halides is 2. The molecule has 1 heterocycles. The van der Waals surface area contributed by atoms with Gasteiger partial charge in [-0.1, -0.05) is 15.9 Å². The van der Waals surface area contributed by atoms with E-state index in [1.54, 1.807) is 0 Å². The molecule has 0 fully saturated rings. The van der Waals surface area contributed by atoms with Crippen LogP contribution in [0.5, 0.6) is 0 Å². The molecule has 0 unspecified atom stereocenters. The van der Waals surface area contributed by atoms with Crippen LogP contribution in [0.2, 0.25) is 0 Å². The Balaban J connectivity index is 3.19. The second-order valence-corrected chi connectivity index (χ2v) is 4.31. The number of hydrogen-bond donors (Lipinski definition) is 0. The first-order valence-corrected chi connectivity index (χ1v) is 5.43. The van der Waals surface area contributed by atoms with E-state index < -0.39 is 6.43 Å². The number of nitrogens with zero attached hydrogens (tertiary/aromatic N) is 2. The van der Waals surface area contributed by atoms with Crippen LogP contribution in [0, 0.1) is 15.0 Å². The maximum atomic E-state index is 12.3. The minimum atomic E-state index is -2.59. The van der Waals surface area contributed by atoms with Gasteiger partial charge in [-0.25, -0.2) is 13.8 Å². The van der Waals surface area contributed by atoms with E-state index in [1.165, 1.54) is 6.07 Å². The Morgan fingerprint density at radius 1 is 1.64 bits per heavy atom. The number of rotatable bonds is 2. The number of hydrogen-bond acceptors (Lipinski definition) is 2. The molecule has 0 bridgehead atoms. The molecular weight excluding hydrogens is 369 g/mol. The van der Waals surface area contributed by atoms with E-state index in [0.717, 1.165) is 0 Å². The SMILES string of the molecule is N#CCc1c(Br)cc(C(F)F)nc1I. The van der Waals surface area contributed by atoms with Crippen LogP contribution in [0.25, 0.3) is 0 Å². The quantitative estimate of drug-likeness (QED) is 0.589. The van der Waals surface area contributed by atoms with Crippen LogP contribution in [0.3, 0.4) is 0 Å². The molecule has 0 atom stereocenters. The average molecular weight is 373 g/mol. The molecule has 1 rings (SSSR count). The maximum Gasteiger partial charge on any atom is 0.280 e. The summed E-state index contributed by atoms with van der Waals surface area (Å²) in [5, 5.41) is 8.50. The van der Waals surface area contributed by atoms with Gasteiger partial charge in [0, 0.05) is 10.0 Å². The topological polar surface area (TPSA) is 36.7 Å². The molecule has 0 aliphatic rings. The maximum absolute atomic E-state index is 12.3. The first-order chi connectivity index (χ1) is 6.56. The highest BCUT2D eigenvalue weighted by molar-refractivity contribution is 14.1. The fourth-order valence-electron chi connectivity index (χ4n) is 0.877. The van der Waals surface area contributed by atoms with E-state index in [0.29, 0.717) is 13.7 Å². The normalized spacial score (nSPS) is 10.3. The molecule has 74 valence electrons. The minimum Gasteiger partial charge on any atom is -0.240 e. The molecule has 6 heteroatoms. The van der Waals surface area contributed by atoms with Crippen molar-refractivity contribution in [1.29, 1.82) is 5.26 Å². The Morgan fingerprint density at radius 3 is 2.71 bits per heavy atom. The first-order valence-electron chi connectivity index (χ1n) is 3.56. The van der Waals surface area contributed by atoms with E-state index in [2.05, 4.69) is 20.9 Å². The van der Waals surface area contributed by atoms with Crippen molar-refractivity contribution in [2.45, 2.75) is 12.8 Å².